The first kappa shape index (κ1) is 15.2. The number of nitrogens with zero attached hydrogens (tertiary/aromatic N) is 4. The average Bonchev–Trinajstić information content (AvgIpc) is 2.97. The number of carbonyl (C=O) groups is 1. The Labute approximate surface area is 123 Å². The van der Waals surface area contributed by atoms with Crippen LogP contribution in [0.1, 0.15) is 51.0 Å². The van der Waals surface area contributed by atoms with Gasteiger partial charge in [-0.15, -0.1) is 0 Å². The van der Waals surface area contributed by atoms with Crippen molar-refractivity contribution in [3.8, 4) is 0 Å². The number of rotatable bonds is 4. The molecule has 0 saturated carbocycles. The van der Waals surface area contributed by atoms with E-state index in [0.717, 1.165) is 5.56 Å². The molecule has 0 fully saturated rings. The van der Waals surface area contributed by atoms with Crippen LogP contribution >= 0.6 is 0 Å². The molecule has 0 radical (unpaired) electrons. The van der Waals surface area contributed by atoms with E-state index in [0.29, 0.717) is 11.7 Å². The predicted octanol–water partition coefficient (Wildman–Crippen LogP) is 1.52. The van der Waals surface area contributed by atoms with Crippen LogP contribution in [0.4, 0.5) is 0 Å². The van der Waals surface area contributed by atoms with Crippen LogP contribution in [0.2, 0.25) is 0 Å². The number of hydrogen-bond acceptors (Lipinski definition) is 5. The Hall–Kier alpha value is -2.18. The first-order valence-electron chi connectivity index (χ1n) is 6.86. The first-order chi connectivity index (χ1) is 9.75. The molecule has 7 heteroatoms. The summed E-state index contributed by atoms with van der Waals surface area (Å²) in [4.78, 5) is 16.3. The Kier molecular flexibility index (Phi) is 4.11. The molecule has 114 valence electrons. The molecule has 1 amide bonds. The zero-order valence-corrected chi connectivity index (χ0v) is 13.0. The molecule has 2 aromatic rings. The Bertz CT molecular complexity index is 623. The molecule has 0 aromatic carbocycles. The van der Waals surface area contributed by atoms with Gasteiger partial charge in [-0.3, -0.25) is 9.48 Å². The molecule has 0 bridgehead atoms. The van der Waals surface area contributed by atoms with Crippen molar-refractivity contribution >= 4 is 5.91 Å². The average molecular weight is 291 g/mol. The van der Waals surface area contributed by atoms with Gasteiger partial charge in [-0.05, 0) is 12.5 Å². The van der Waals surface area contributed by atoms with E-state index in [-0.39, 0.29) is 23.8 Å². The second-order valence-electron chi connectivity index (χ2n) is 6.19. The summed E-state index contributed by atoms with van der Waals surface area (Å²) in [7, 11) is 1.82. The molecule has 0 aliphatic carbocycles. The molecular weight excluding hydrogens is 270 g/mol. The molecule has 0 aliphatic rings. The van der Waals surface area contributed by atoms with Gasteiger partial charge in [0.2, 0.25) is 11.8 Å². The normalized spacial score (nSPS) is 13.2. The highest BCUT2D eigenvalue weighted by molar-refractivity contribution is 5.78. The summed E-state index contributed by atoms with van der Waals surface area (Å²) in [5.74, 6) is 0.941. The van der Waals surface area contributed by atoms with Crippen LogP contribution < -0.4 is 5.32 Å². The zero-order valence-electron chi connectivity index (χ0n) is 13.0. The van der Waals surface area contributed by atoms with Crippen molar-refractivity contribution in [3.63, 3.8) is 0 Å². The highest BCUT2D eigenvalue weighted by Crippen LogP contribution is 2.20. The van der Waals surface area contributed by atoms with E-state index in [4.69, 9.17) is 4.52 Å². The van der Waals surface area contributed by atoms with Crippen LogP contribution in [0, 0.1) is 0 Å². The summed E-state index contributed by atoms with van der Waals surface area (Å²) in [6.45, 7) is 7.84. The molecule has 0 saturated heterocycles. The third-order valence-electron chi connectivity index (χ3n) is 2.98. The molecule has 21 heavy (non-hydrogen) atoms. The third kappa shape index (κ3) is 3.90. The Morgan fingerprint density at radius 3 is 2.71 bits per heavy atom. The van der Waals surface area contributed by atoms with E-state index < -0.39 is 0 Å². The highest BCUT2D eigenvalue weighted by atomic mass is 16.5. The summed E-state index contributed by atoms with van der Waals surface area (Å²) in [5.41, 5.74) is 0.685. The second-order valence-corrected chi connectivity index (χ2v) is 6.19. The van der Waals surface area contributed by atoms with Gasteiger partial charge in [0.05, 0.1) is 12.6 Å². The molecule has 1 atom stereocenters. The minimum absolute atomic E-state index is 0.106. The van der Waals surface area contributed by atoms with Crippen molar-refractivity contribution in [2.24, 2.45) is 7.05 Å². The lowest BCUT2D eigenvalue weighted by molar-refractivity contribution is -0.121. The maximum atomic E-state index is 12.0. The van der Waals surface area contributed by atoms with E-state index in [1.807, 2.05) is 40.9 Å². The van der Waals surface area contributed by atoms with Gasteiger partial charge in [0, 0.05) is 18.7 Å². The maximum Gasteiger partial charge on any atom is 0.248 e. The number of carbonyl (C=O) groups excluding carboxylic acids is 1. The SMILES string of the molecule is CC(NC(=O)Cc1cnn(C)c1)c1nc(C(C)(C)C)no1. The number of hydrogen-bond donors (Lipinski definition) is 1. The third-order valence-corrected chi connectivity index (χ3v) is 2.98. The molecule has 1 unspecified atom stereocenters. The number of nitrogens with one attached hydrogen (secondary N) is 1. The monoisotopic (exact) mass is 291 g/mol. The number of aromatic nitrogens is 4. The molecular formula is C14H21N5O2. The Morgan fingerprint density at radius 1 is 1.48 bits per heavy atom. The minimum Gasteiger partial charge on any atom is -0.344 e. The standard InChI is InChI=1S/C14H21N5O2/c1-9(12-17-13(18-21-12)14(2,3)4)16-11(20)6-10-7-15-19(5)8-10/h7-9H,6H2,1-5H3,(H,16,20). The van der Waals surface area contributed by atoms with Crippen molar-refractivity contribution in [1.29, 1.82) is 0 Å². The van der Waals surface area contributed by atoms with Crippen molar-refractivity contribution in [3.05, 3.63) is 29.7 Å². The van der Waals surface area contributed by atoms with Gasteiger partial charge < -0.3 is 9.84 Å². The van der Waals surface area contributed by atoms with E-state index in [1.165, 1.54) is 0 Å². The van der Waals surface area contributed by atoms with Gasteiger partial charge in [-0.1, -0.05) is 25.9 Å². The summed E-state index contributed by atoms with van der Waals surface area (Å²) in [6.07, 6.45) is 3.77. The number of aryl methyl sites for hydroxylation is 1. The molecule has 7 nitrogen and oxygen atoms in total. The molecule has 2 aromatic heterocycles. The van der Waals surface area contributed by atoms with Crippen molar-refractivity contribution in [2.75, 3.05) is 0 Å². The lowest BCUT2D eigenvalue weighted by atomic mass is 9.96. The van der Waals surface area contributed by atoms with Crippen LogP contribution in [0.3, 0.4) is 0 Å². The second kappa shape index (κ2) is 5.67. The Balaban J connectivity index is 1.96. The summed E-state index contributed by atoms with van der Waals surface area (Å²) < 4.78 is 6.88. The predicted molar refractivity (Wildman–Crippen MR) is 76.5 cm³/mol. The molecule has 1 N–H and O–H groups in total. The van der Waals surface area contributed by atoms with Crippen LogP contribution in [0.15, 0.2) is 16.9 Å². The summed E-state index contributed by atoms with van der Waals surface area (Å²) >= 11 is 0. The van der Waals surface area contributed by atoms with E-state index in [2.05, 4.69) is 20.6 Å². The molecule has 2 heterocycles. The number of amides is 1. The fourth-order valence-electron chi connectivity index (χ4n) is 1.82. The first-order valence-corrected chi connectivity index (χ1v) is 6.86. The fraction of sp³-hybridized carbons (Fsp3) is 0.571. The quantitative estimate of drug-likeness (QED) is 0.923. The minimum atomic E-state index is -0.322. The van der Waals surface area contributed by atoms with Crippen molar-refractivity contribution in [1.82, 2.24) is 25.2 Å². The maximum absolute atomic E-state index is 12.0. The molecule has 2 rings (SSSR count). The van der Waals surface area contributed by atoms with Gasteiger partial charge in [0.15, 0.2) is 5.82 Å². The van der Waals surface area contributed by atoms with Gasteiger partial charge in [0.1, 0.15) is 6.04 Å². The topological polar surface area (TPSA) is 85.8 Å². The van der Waals surface area contributed by atoms with Crippen LogP contribution in [-0.2, 0) is 23.7 Å². The lowest BCUT2D eigenvalue weighted by Crippen LogP contribution is -2.28. The van der Waals surface area contributed by atoms with Gasteiger partial charge >= 0.3 is 0 Å². The van der Waals surface area contributed by atoms with Crippen LogP contribution in [0.5, 0.6) is 0 Å². The van der Waals surface area contributed by atoms with E-state index >= 15 is 0 Å². The van der Waals surface area contributed by atoms with Crippen molar-refractivity contribution < 1.29 is 9.32 Å². The lowest BCUT2D eigenvalue weighted by Gasteiger charge is -2.11. The fourth-order valence-corrected chi connectivity index (χ4v) is 1.82. The zero-order chi connectivity index (χ0) is 15.6. The smallest absolute Gasteiger partial charge is 0.248 e. The summed E-state index contributed by atoms with van der Waals surface area (Å²) in [6, 6.07) is -0.322. The highest BCUT2D eigenvalue weighted by Gasteiger charge is 2.23. The van der Waals surface area contributed by atoms with Gasteiger partial charge in [-0.2, -0.15) is 10.1 Å². The van der Waals surface area contributed by atoms with Crippen molar-refractivity contribution in [2.45, 2.75) is 45.6 Å². The Morgan fingerprint density at radius 2 is 2.19 bits per heavy atom. The van der Waals surface area contributed by atoms with Gasteiger partial charge in [0.25, 0.3) is 0 Å². The largest absolute Gasteiger partial charge is 0.344 e. The van der Waals surface area contributed by atoms with E-state index in [1.54, 1.807) is 10.9 Å². The van der Waals surface area contributed by atoms with Gasteiger partial charge in [-0.25, -0.2) is 0 Å². The molecule has 0 spiro atoms. The summed E-state index contributed by atoms with van der Waals surface area (Å²) in [5, 5.41) is 10.8. The van der Waals surface area contributed by atoms with Crippen LogP contribution in [0.25, 0.3) is 0 Å². The van der Waals surface area contributed by atoms with Crippen LogP contribution in [-0.4, -0.2) is 25.8 Å². The molecule has 0 aliphatic heterocycles. The van der Waals surface area contributed by atoms with E-state index in [9.17, 15) is 4.79 Å².